The number of thioether (sulfide) groups is 1. The van der Waals surface area contributed by atoms with E-state index in [2.05, 4.69) is 17.6 Å². The number of methoxy groups -OCH3 is 1. The molecule has 0 spiro atoms. The molecule has 0 aromatic carbocycles. The molecule has 2 unspecified atom stereocenters. The minimum Gasteiger partial charge on any atom is -0.480 e. The van der Waals surface area contributed by atoms with Crippen LogP contribution in [0.5, 0.6) is 0 Å². The molecule has 110 valence electrons. The minimum absolute atomic E-state index is 0.0720. The number of aliphatic carboxylic acids is 1. The molecule has 2 amide bonds. The summed E-state index contributed by atoms with van der Waals surface area (Å²) in [5.74, 6) is 0.0689. The van der Waals surface area contributed by atoms with Gasteiger partial charge >= 0.3 is 12.0 Å². The zero-order valence-corrected chi connectivity index (χ0v) is 12.2. The van der Waals surface area contributed by atoms with Gasteiger partial charge in [-0.25, -0.2) is 9.59 Å². The van der Waals surface area contributed by atoms with E-state index in [1.807, 2.05) is 11.8 Å². The maximum absolute atomic E-state index is 11.7. The van der Waals surface area contributed by atoms with Gasteiger partial charge in [-0.2, -0.15) is 11.8 Å². The number of carbonyl (C=O) groups is 2. The van der Waals surface area contributed by atoms with Crippen molar-refractivity contribution in [3.8, 4) is 0 Å². The van der Waals surface area contributed by atoms with Gasteiger partial charge in [-0.1, -0.05) is 0 Å². The normalized spacial score (nSPS) is 23.9. The summed E-state index contributed by atoms with van der Waals surface area (Å²) in [5, 5.41) is 14.2. The molecule has 0 aromatic heterocycles. The Bertz CT molecular complexity index is 319. The van der Waals surface area contributed by atoms with Crippen molar-refractivity contribution in [1.82, 2.24) is 10.6 Å². The number of nitrogens with one attached hydrogen (secondary N) is 2. The molecule has 2 atom stereocenters. The second-order valence-electron chi connectivity index (χ2n) is 4.90. The van der Waals surface area contributed by atoms with E-state index in [0.29, 0.717) is 13.2 Å². The van der Waals surface area contributed by atoms with E-state index in [1.54, 1.807) is 0 Å². The zero-order valence-electron chi connectivity index (χ0n) is 11.4. The Hall–Kier alpha value is -0.950. The average molecular weight is 290 g/mol. The highest BCUT2D eigenvalue weighted by atomic mass is 32.2. The third-order valence-corrected chi connectivity index (χ3v) is 4.68. The van der Waals surface area contributed by atoms with Crippen LogP contribution in [0.4, 0.5) is 4.79 Å². The highest BCUT2D eigenvalue weighted by Crippen LogP contribution is 2.36. The summed E-state index contributed by atoms with van der Waals surface area (Å²) in [4.78, 5) is 22.6. The lowest BCUT2D eigenvalue weighted by Crippen LogP contribution is -2.49. The van der Waals surface area contributed by atoms with Gasteiger partial charge in [0.1, 0.15) is 6.04 Å². The van der Waals surface area contributed by atoms with E-state index in [-0.39, 0.29) is 11.2 Å². The van der Waals surface area contributed by atoms with Crippen LogP contribution in [0, 0.1) is 0 Å². The third-order valence-electron chi connectivity index (χ3n) is 3.14. The van der Waals surface area contributed by atoms with Crippen molar-refractivity contribution in [2.75, 3.05) is 26.0 Å². The second-order valence-corrected chi connectivity index (χ2v) is 6.58. The molecule has 0 aromatic rings. The van der Waals surface area contributed by atoms with Crippen molar-refractivity contribution in [3.05, 3.63) is 0 Å². The molecule has 1 fully saturated rings. The van der Waals surface area contributed by atoms with Gasteiger partial charge in [0.05, 0.1) is 0 Å². The summed E-state index contributed by atoms with van der Waals surface area (Å²) >= 11 is 1.85. The van der Waals surface area contributed by atoms with Crippen LogP contribution in [0.15, 0.2) is 0 Å². The van der Waals surface area contributed by atoms with Crippen molar-refractivity contribution < 1.29 is 19.4 Å². The Morgan fingerprint density at radius 1 is 1.53 bits per heavy atom. The van der Waals surface area contributed by atoms with E-state index >= 15 is 0 Å². The fraction of sp³-hybridized carbons (Fsp3) is 0.833. The molecular weight excluding hydrogens is 268 g/mol. The van der Waals surface area contributed by atoms with Crippen LogP contribution in [-0.2, 0) is 9.53 Å². The fourth-order valence-corrected chi connectivity index (χ4v) is 3.19. The number of carboxylic acids is 1. The Morgan fingerprint density at radius 3 is 2.79 bits per heavy atom. The predicted octanol–water partition coefficient (Wildman–Crippen LogP) is 1.06. The van der Waals surface area contributed by atoms with E-state index in [1.165, 1.54) is 7.11 Å². The van der Waals surface area contributed by atoms with Crippen LogP contribution in [0.1, 0.15) is 26.2 Å². The summed E-state index contributed by atoms with van der Waals surface area (Å²) in [6.45, 7) is 2.97. The summed E-state index contributed by atoms with van der Waals surface area (Å²) in [5.41, 5.74) is 0. The van der Waals surface area contributed by atoms with Crippen molar-refractivity contribution >= 4 is 23.8 Å². The fourth-order valence-electron chi connectivity index (χ4n) is 1.95. The number of ether oxygens (including phenoxy) is 1. The molecule has 1 aliphatic heterocycles. The second kappa shape index (κ2) is 7.59. The zero-order chi connectivity index (χ0) is 14.3. The summed E-state index contributed by atoms with van der Waals surface area (Å²) < 4.78 is 4.89. The molecule has 1 aliphatic rings. The monoisotopic (exact) mass is 290 g/mol. The number of carboxylic acid groups (broad SMARTS) is 1. The van der Waals surface area contributed by atoms with Gasteiger partial charge in [0.2, 0.25) is 0 Å². The molecule has 3 N–H and O–H groups in total. The Labute approximate surface area is 117 Å². The summed E-state index contributed by atoms with van der Waals surface area (Å²) in [6.07, 6.45) is 2.49. The number of hydrogen-bond donors (Lipinski definition) is 3. The molecule has 0 saturated carbocycles. The SMILES string of the molecule is COCCC(NC(=O)NCC1(C)CCCS1)C(=O)O. The number of hydrogen-bond acceptors (Lipinski definition) is 4. The standard InChI is InChI=1S/C12H22N2O4S/c1-12(5-3-7-19-12)8-13-11(17)14-9(10(15)16)4-6-18-2/h9H,3-8H2,1-2H3,(H,15,16)(H2,13,14,17). The molecular formula is C12H22N2O4S. The Morgan fingerprint density at radius 2 is 2.26 bits per heavy atom. The number of urea groups is 1. The van der Waals surface area contributed by atoms with E-state index in [4.69, 9.17) is 9.84 Å². The molecule has 19 heavy (non-hydrogen) atoms. The third kappa shape index (κ3) is 5.69. The predicted molar refractivity (Wildman–Crippen MR) is 74.5 cm³/mol. The lowest BCUT2D eigenvalue weighted by atomic mass is 10.1. The largest absolute Gasteiger partial charge is 0.480 e. The number of carbonyl (C=O) groups excluding carboxylic acids is 1. The highest BCUT2D eigenvalue weighted by Gasteiger charge is 2.30. The van der Waals surface area contributed by atoms with Gasteiger partial charge in [0.15, 0.2) is 0 Å². The summed E-state index contributed by atoms with van der Waals surface area (Å²) in [7, 11) is 1.50. The first-order valence-electron chi connectivity index (χ1n) is 6.37. The molecule has 1 heterocycles. The molecule has 1 saturated heterocycles. The number of amides is 2. The first kappa shape index (κ1) is 16.1. The van der Waals surface area contributed by atoms with Crippen molar-refractivity contribution in [2.24, 2.45) is 0 Å². The lowest BCUT2D eigenvalue weighted by Gasteiger charge is -2.23. The van der Waals surface area contributed by atoms with Crippen LogP contribution in [0.3, 0.4) is 0 Å². The van der Waals surface area contributed by atoms with Crippen LogP contribution >= 0.6 is 11.8 Å². The van der Waals surface area contributed by atoms with Gasteiger partial charge in [-0.15, -0.1) is 0 Å². The molecule has 1 rings (SSSR count). The van der Waals surface area contributed by atoms with E-state index in [0.717, 1.165) is 18.6 Å². The minimum atomic E-state index is -1.05. The lowest BCUT2D eigenvalue weighted by molar-refractivity contribution is -0.139. The van der Waals surface area contributed by atoms with Crippen LogP contribution in [0.2, 0.25) is 0 Å². The Kier molecular flexibility index (Phi) is 6.44. The van der Waals surface area contributed by atoms with E-state index in [9.17, 15) is 9.59 Å². The summed E-state index contributed by atoms with van der Waals surface area (Å²) in [6, 6.07) is -1.35. The Balaban J connectivity index is 2.33. The van der Waals surface area contributed by atoms with Crippen molar-refractivity contribution in [3.63, 3.8) is 0 Å². The maximum Gasteiger partial charge on any atom is 0.326 e. The van der Waals surface area contributed by atoms with Gasteiger partial charge in [-0.3, -0.25) is 0 Å². The topological polar surface area (TPSA) is 87.7 Å². The van der Waals surface area contributed by atoms with Crippen LogP contribution in [-0.4, -0.2) is 53.9 Å². The van der Waals surface area contributed by atoms with Crippen molar-refractivity contribution in [2.45, 2.75) is 37.0 Å². The molecule has 6 nitrogen and oxygen atoms in total. The average Bonchev–Trinajstić information content (AvgIpc) is 2.79. The molecule has 7 heteroatoms. The van der Waals surface area contributed by atoms with Crippen molar-refractivity contribution in [1.29, 1.82) is 0 Å². The van der Waals surface area contributed by atoms with Gasteiger partial charge in [0, 0.05) is 31.4 Å². The van der Waals surface area contributed by atoms with Crippen LogP contribution in [0.25, 0.3) is 0 Å². The quantitative estimate of drug-likeness (QED) is 0.652. The van der Waals surface area contributed by atoms with Gasteiger partial charge < -0.3 is 20.5 Å². The van der Waals surface area contributed by atoms with E-state index < -0.39 is 18.0 Å². The smallest absolute Gasteiger partial charge is 0.326 e. The first-order valence-corrected chi connectivity index (χ1v) is 7.35. The molecule has 0 aliphatic carbocycles. The molecule has 0 bridgehead atoms. The molecule has 0 radical (unpaired) electrons. The highest BCUT2D eigenvalue weighted by molar-refractivity contribution is 8.00. The first-order chi connectivity index (χ1) is 8.97. The number of rotatable bonds is 7. The maximum atomic E-state index is 11.7. The van der Waals surface area contributed by atoms with Gasteiger partial charge in [-0.05, 0) is 25.5 Å². The van der Waals surface area contributed by atoms with Crippen LogP contribution < -0.4 is 10.6 Å². The van der Waals surface area contributed by atoms with Gasteiger partial charge in [0.25, 0.3) is 0 Å².